The van der Waals surface area contributed by atoms with Gasteiger partial charge in [-0.1, -0.05) is 12.1 Å². The number of para-hydroxylation sites is 1. The number of rotatable bonds is 1. The standard InChI is InChI=1S/C7H6O3.Cr.3Na.4O/c8-6-4-2-1-3-5(6)7(9)10;;;;;;;;/h1-4,8H,(H,9,10);;;;;;;;/q;;3*+1;;;2*-1/p-1. The van der Waals surface area contributed by atoms with E-state index in [1.165, 1.54) is 18.2 Å². The third-order valence-corrected chi connectivity index (χ3v) is 1.12. The monoisotopic (exact) mass is 322 g/mol. The zero-order chi connectivity index (χ0) is 12.1. The number of carboxylic acids is 1. The summed E-state index contributed by atoms with van der Waals surface area (Å²) >= 11 is -5.75. The van der Waals surface area contributed by atoms with Crippen molar-refractivity contribution in [2.45, 2.75) is 0 Å². The fraction of sp³-hybridized carbons (Fsp3) is 0. The molecule has 1 rings (SSSR count). The van der Waals surface area contributed by atoms with Crippen LogP contribution < -0.4 is 102 Å². The quantitative estimate of drug-likeness (QED) is 0.506. The summed E-state index contributed by atoms with van der Waals surface area (Å²) in [4.78, 5) is 10.2. The summed E-state index contributed by atoms with van der Waals surface area (Å²) < 4.78 is 34.4. The number of carbonyl (C=O) groups excluding carboxylic acids is 1. The van der Waals surface area contributed by atoms with Crippen LogP contribution in [-0.2, 0) is 21.2 Å². The van der Waals surface area contributed by atoms with Crippen LogP contribution in [0.3, 0.4) is 0 Å². The molecule has 0 aliphatic carbocycles. The van der Waals surface area contributed by atoms with E-state index in [1.54, 1.807) is 6.07 Å². The molecule has 0 radical (unpaired) electrons. The molecule has 1 aromatic carbocycles. The van der Waals surface area contributed by atoms with Crippen LogP contribution in [0.1, 0.15) is 10.4 Å². The van der Waals surface area contributed by atoms with Gasteiger partial charge in [-0.05, 0) is 12.1 Å². The number of carbonyl (C=O) groups is 1. The molecule has 0 heterocycles. The Labute approximate surface area is 172 Å². The molecule has 18 heavy (non-hydrogen) atoms. The molecular formula is C7H5CrNa3O7. The van der Waals surface area contributed by atoms with Crippen LogP contribution >= 0.6 is 0 Å². The number of phenols is 1. The average molecular weight is 322 g/mol. The van der Waals surface area contributed by atoms with Gasteiger partial charge in [0.1, 0.15) is 5.75 Å². The van der Waals surface area contributed by atoms with Crippen molar-refractivity contribution >= 4 is 5.97 Å². The fourth-order valence-electron chi connectivity index (χ4n) is 0.646. The summed E-state index contributed by atoms with van der Waals surface area (Å²) in [6, 6.07) is 5.64. The van der Waals surface area contributed by atoms with E-state index >= 15 is 0 Å². The van der Waals surface area contributed by atoms with Gasteiger partial charge >= 0.3 is 118 Å². The van der Waals surface area contributed by atoms with Gasteiger partial charge in [-0.25, -0.2) is 0 Å². The Bertz CT molecular complexity index is 440. The Hall–Kier alpha value is 1.54. The molecule has 1 N–H and O–H groups in total. The molecule has 0 saturated carbocycles. The molecule has 0 spiro atoms. The molecule has 1 aromatic rings. The maximum atomic E-state index is 10.2. The number of carboxylic acid groups (broad SMARTS) is 1. The van der Waals surface area contributed by atoms with Gasteiger partial charge in [0.2, 0.25) is 0 Å². The average Bonchev–Trinajstić information content (AvgIpc) is 2.01. The Kier molecular flexibility index (Phi) is 20.9. The van der Waals surface area contributed by atoms with Gasteiger partial charge in [-0.3, -0.25) is 0 Å². The topological polar surface area (TPSA) is 141 Å². The minimum atomic E-state index is -5.75. The van der Waals surface area contributed by atoms with Crippen molar-refractivity contribution in [3.63, 3.8) is 0 Å². The van der Waals surface area contributed by atoms with Crippen molar-refractivity contribution in [2.75, 3.05) is 0 Å². The van der Waals surface area contributed by atoms with E-state index in [0.717, 1.165) is 0 Å². The van der Waals surface area contributed by atoms with Crippen molar-refractivity contribution < 1.29 is 133 Å². The van der Waals surface area contributed by atoms with Crippen molar-refractivity contribution in [3.8, 4) is 5.75 Å². The number of hydrogen-bond acceptors (Lipinski definition) is 7. The summed E-state index contributed by atoms with van der Waals surface area (Å²) in [5.41, 5.74) is -0.178. The van der Waals surface area contributed by atoms with Crippen LogP contribution in [0.2, 0.25) is 0 Å². The molecule has 84 valence electrons. The molecule has 11 heteroatoms. The number of aromatic hydroxyl groups is 1. The number of aromatic carboxylic acids is 1. The van der Waals surface area contributed by atoms with Crippen LogP contribution in [0.4, 0.5) is 0 Å². The molecule has 0 saturated heterocycles. The maximum absolute atomic E-state index is 10.2. The van der Waals surface area contributed by atoms with E-state index in [4.69, 9.17) is 21.0 Å². The van der Waals surface area contributed by atoms with E-state index in [2.05, 4.69) is 0 Å². The summed E-state index contributed by atoms with van der Waals surface area (Å²) in [5.74, 6) is -1.62. The minimum absolute atomic E-state index is 0. The SMILES string of the molecule is O=C([O-])c1ccccc1O.[Na+].[Na+].[Na+].[O]=[Cr](=[O])([O-])[O-]. The van der Waals surface area contributed by atoms with Crippen molar-refractivity contribution in [2.24, 2.45) is 0 Å². The number of benzene rings is 1. The second-order valence-corrected chi connectivity index (χ2v) is 3.49. The Morgan fingerprint density at radius 2 is 1.39 bits per heavy atom. The van der Waals surface area contributed by atoms with Crippen LogP contribution in [0.25, 0.3) is 0 Å². The van der Waals surface area contributed by atoms with E-state index in [9.17, 15) is 9.90 Å². The Morgan fingerprint density at radius 1 is 1.06 bits per heavy atom. The third kappa shape index (κ3) is 17.5. The second kappa shape index (κ2) is 13.5. The van der Waals surface area contributed by atoms with Crippen molar-refractivity contribution in [3.05, 3.63) is 29.8 Å². The predicted octanol–water partition coefficient (Wildman–Crippen LogP) is -11.9. The fourth-order valence-corrected chi connectivity index (χ4v) is 0.646. The van der Waals surface area contributed by atoms with E-state index in [0.29, 0.717) is 0 Å². The van der Waals surface area contributed by atoms with Crippen molar-refractivity contribution in [1.82, 2.24) is 0 Å². The van der Waals surface area contributed by atoms with Gasteiger partial charge in [-0.15, -0.1) is 0 Å². The molecule has 7 nitrogen and oxygen atoms in total. The van der Waals surface area contributed by atoms with Gasteiger partial charge in [0.25, 0.3) is 0 Å². The molecular weight excluding hydrogens is 317 g/mol. The first kappa shape index (κ1) is 27.8. The molecule has 0 unspecified atom stereocenters. The Morgan fingerprint density at radius 3 is 1.61 bits per heavy atom. The van der Waals surface area contributed by atoms with E-state index < -0.39 is 19.6 Å². The van der Waals surface area contributed by atoms with E-state index in [1.807, 2.05) is 0 Å². The van der Waals surface area contributed by atoms with E-state index in [-0.39, 0.29) is 100.0 Å². The molecule has 0 bridgehead atoms. The summed E-state index contributed by atoms with van der Waals surface area (Å²) in [7, 11) is 0. The first-order valence-corrected chi connectivity index (χ1v) is 5.46. The summed E-state index contributed by atoms with van der Waals surface area (Å²) in [5, 5.41) is 19.0. The first-order valence-electron chi connectivity index (χ1n) is 3.38. The van der Waals surface area contributed by atoms with Crippen LogP contribution in [0.5, 0.6) is 5.75 Å². The molecule has 0 aliphatic rings. The normalized spacial score (nSPS) is 8.33. The zero-order valence-corrected chi connectivity index (χ0v) is 17.4. The first-order chi connectivity index (χ1) is 6.72. The molecule has 0 fully saturated rings. The van der Waals surface area contributed by atoms with Crippen LogP contribution in [0, 0.1) is 0 Å². The Balaban J connectivity index is -0.000000109. The molecule has 0 aliphatic heterocycles. The van der Waals surface area contributed by atoms with Crippen LogP contribution in [0.15, 0.2) is 24.3 Å². The molecule has 0 amide bonds. The van der Waals surface area contributed by atoms with Gasteiger partial charge in [-0.2, -0.15) is 0 Å². The predicted molar refractivity (Wildman–Crippen MR) is 33.8 cm³/mol. The second-order valence-electron chi connectivity index (χ2n) is 2.21. The third-order valence-electron chi connectivity index (χ3n) is 1.12. The van der Waals surface area contributed by atoms with Crippen molar-refractivity contribution in [1.29, 1.82) is 0 Å². The van der Waals surface area contributed by atoms with Crippen LogP contribution in [-0.4, -0.2) is 11.1 Å². The van der Waals surface area contributed by atoms with Gasteiger partial charge < -0.3 is 15.0 Å². The number of hydrogen-bond donors (Lipinski definition) is 1. The van der Waals surface area contributed by atoms with Gasteiger partial charge in [0, 0.05) is 5.56 Å². The van der Waals surface area contributed by atoms with Gasteiger partial charge in [0.15, 0.2) is 0 Å². The molecule has 0 atom stereocenters. The van der Waals surface area contributed by atoms with Gasteiger partial charge in [0.05, 0.1) is 5.97 Å². The zero-order valence-electron chi connectivity index (χ0n) is 10.1. The summed E-state index contributed by atoms with van der Waals surface area (Å²) in [6.07, 6.45) is 0. The molecule has 0 aromatic heterocycles. The summed E-state index contributed by atoms with van der Waals surface area (Å²) in [6.45, 7) is 0.